The number of nitrogens with zero attached hydrogens (tertiary/aromatic N) is 1. The molecule has 2 aliphatic rings. The Labute approximate surface area is 104 Å². The zero-order valence-corrected chi connectivity index (χ0v) is 11.1. The summed E-state index contributed by atoms with van der Waals surface area (Å²) in [4.78, 5) is 13.9. The van der Waals surface area contributed by atoms with Crippen molar-refractivity contribution in [2.75, 3.05) is 6.54 Å². The molecule has 1 heterocycles. The van der Waals surface area contributed by atoms with Crippen LogP contribution in [0.25, 0.3) is 0 Å². The summed E-state index contributed by atoms with van der Waals surface area (Å²) in [6.45, 7) is 5.20. The number of carboxylic acid groups (broad SMARTS) is 1. The van der Waals surface area contributed by atoms with Crippen molar-refractivity contribution >= 4 is 5.97 Å². The Morgan fingerprint density at radius 2 is 1.82 bits per heavy atom. The van der Waals surface area contributed by atoms with Crippen molar-refractivity contribution in [3.63, 3.8) is 0 Å². The lowest BCUT2D eigenvalue weighted by Gasteiger charge is -2.48. The van der Waals surface area contributed by atoms with Crippen molar-refractivity contribution in [3.05, 3.63) is 0 Å². The van der Waals surface area contributed by atoms with Crippen LogP contribution in [0.2, 0.25) is 0 Å². The second kappa shape index (κ2) is 4.97. The van der Waals surface area contributed by atoms with E-state index in [4.69, 9.17) is 0 Å². The van der Waals surface area contributed by atoms with E-state index >= 15 is 0 Å². The van der Waals surface area contributed by atoms with Gasteiger partial charge in [-0.2, -0.15) is 0 Å². The molecule has 2 rings (SSSR count). The molecule has 1 unspecified atom stereocenters. The summed E-state index contributed by atoms with van der Waals surface area (Å²) in [6, 6.07) is 0.240. The summed E-state index contributed by atoms with van der Waals surface area (Å²) >= 11 is 0. The van der Waals surface area contributed by atoms with Crippen LogP contribution in [0.5, 0.6) is 0 Å². The highest BCUT2D eigenvalue weighted by Crippen LogP contribution is 2.38. The number of piperidine rings is 1. The van der Waals surface area contributed by atoms with Gasteiger partial charge in [0.2, 0.25) is 0 Å². The van der Waals surface area contributed by atoms with Crippen molar-refractivity contribution < 1.29 is 9.90 Å². The average Bonchev–Trinajstić information content (AvgIpc) is 2.28. The van der Waals surface area contributed by atoms with E-state index in [1.807, 2.05) is 0 Å². The highest BCUT2D eigenvalue weighted by atomic mass is 16.4. The van der Waals surface area contributed by atoms with Crippen LogP contribution in [0.4, 0.5) is 0 Å². The van der Waals surface area contributed by atoms with Gasteiger partial charge >= 0.3 is 5.97 Å². The van der Waals surface area contributed by atoms with Gasteiger partial charge < -0.3 is 5.11 Å². The molecule has 0 spiro atoms. The summed E-state index contributed by atoms with van der Waals surface area (Å²) < 4.78 is 0. The zero-order chi connectivity index (χ0) is 12.5. The van der Waals surface area contributed by atoms with Crippen LogP contribution >= 0.6 is 0 Å². The Bertz CT molecular complexity index is 282. The van der Waals surface area contributed by atoms with Gasteiger partial charge in [0.25, 0.3) is 0 Å². The molecule has 2 fully saturated rings. The molecule has 1 saturated carbocycles. The number of rotatable bonds is 2. The van der Waals surface area contributed by atoms with Gasteiger partial charge in [-0.15, -0.1) is 0 Å². The second-order valence-corrected chi connectivity index (χ2v) is 6.36. The number of hydrogen-bond donors (Lipinski definition) is 1. The van der Waals surface area contributed by atoms with Gasteiger partial charge in [-0.05, 0) is 37.6 Å². The highest BCUT2D eigenvalue weighted by molar-refractivity contribution is 5.74. The van der Waals surface area contributed by atoms with Gasteiger partial charge in [0.15, 0.2) is 0 Å². The number of aliphatic carboxylic acids is 1. The van der Waals surface area contributed by atoms with Crippen LogP contribution in [0.15, 0.2) is 0 Å². The monoisotopic (exact) mass is 239 g/mol. The van der Waals surface area contributed by atoms with Crippen molar-refractivity contribution in [2.24, 2.45) is 5.41 Å². The van der Waals surface area contributed by atoms with Crippen LogP contribution in [-0.4, -0.2) is 34.6 Å². The third-order valence-corrected chi connectivity index (χ3v) is 4.59. The maximum absolute atomic E-state index is 11.6. The molecule has 0 aromatic heterocycles. The third kappa shape index (κ3) is 2.65. The lowest BCUT2D eigenvalue weighted by molar-refractivity contribution is -0.153. The molecule has 0 radical (unpaired) electrons. The first-order chi connectivity index (χ1) is 8.02. The number of hydrogen-bond acceptors (Lipinski definition) is 2. The molecule has 1 aliphatic carbocycles. The van der Waals surface area contributed by atoms with Gasteiger partial charge in [0.05, 0.1) is 0 Å². The molecule has 0 amide bonds. The third-order valence-electron chi connectivity index (χ3n) is 4.59. The van der Waals surface area contributed by atoms with Gasteiger partial charge in [0.1, 0.15) is 6.04 Å². The van der Waals surface area contributed by atoms with E-state index in [0.717, 1.165) is 19.4 Å². The normalized spacial score (nSPS) is 31.3. The van der Waals surface area contributed by atoms with Gasteiger partial charge in [-0.3, -0.25) is 9.69 Å². The highest BCUT2D eigenvalue weighted by Gasteiger charge is 2.44. The van der Waals surface area contributed by atoms with E-state index < -0.39 is 5.97 Å². The SMILES string of the molecule is CC1(C)CCCN(C2CCCCC2)C1C(=O)O. The van der Waals surface area contributed by atoms with Crippen LogP contribution in [0.1, 0.15) is 58.8 Å². The molecule has 1 saturated heterocycles. The Balaban J connectivity index is 2.15. The molecule has 3 nitrogen and oxygen atoms in total. The minimum Gasteiger partial charge on any atom is -0.480 e. The van der Waals surface area contributed by atoms with E-state index in [1.54, 1.807) is 0 Å². The van der Waals surface area contributed by atoms with Gasteiger partial charge in [0, 0.05) is 6.04 Å². The fourth-order valence-electron chi connectivity index (χ4n) is 3.71. The van der Waals surface area contributed by atoms with E-state index in [2.05, 4.69) is 18.7 Å². The molecule has 0 aromatic rings. The van der Waals surface area contributed by atoms with E-state index in [-0.39, 0.29) is 11.5 Å². The van der Waals surface area contributed by atoms with E-state index in [1.165, 1.54) is 32.1 Å². The molecule has 1 atom stereocenters. The van der Waals surface area contributed by atoms with Crippen molar-refractivity contribution in [2.45, 2.75) is 70.9 Å². The predicted octanol–water partition coefficient (Wildman–Crippen LogP) is 2.89. The van der Waals surface area contributed by atoms with Crippen LogP contribution in [-0.2, 0) is 4.79 Å². The van der Waals surface area contributed by atoms with E-state index in [0.29, 0.717) is 6.04 Å². The first-order valence-corrected chi connectivity index (χ1v) is 7.01. The van der Waals surface area contributed by atoms with E-state index in [9.17, 15) is 9.90 Å². The first kappa shape index (κ1) is 12.9. The topological polar surface area (TPSA) is 40.5 Å². The Hall–Kier alpha value is -0.570. The van der Waals surface area contributed by atoms with Crippen molar-refractivity contribution in [1.82, 2.24) is 4.90 Å². The molecule has 0 aromatic carbocycles. The summed E-state index contributed by atoms with van der Waals surface area (Å²) in [5.41, 5.74) is -0.0818. The average molecular weight is 239 g/mol. The lowest BCUT2D eigenvalue weighted by Crippen LogP contribution is -2.58. The summed E-state index contributed by atoms with van der Waals surface area (Å²) in [5.74, 6) is -0.625. The number of carboxylic acids is 1. The molecule has 1 aliphatic heterocycles. The Kier molecular flexibility index (Phi) is 3.76. The molecule has 1 N–H and O–H groups in total. The fourth-order valence-corrected chi connectivity index (χ4v) is 3.71. The molecular weight excluding hydrogens is 214 g/mol. The maximum atomic E-state index is 11.6. The number of likely N-dealkylation sites (tertiary alicyclic amines) is 1. The van der Waals surface area contributed by atoms with Crippen LogP contribution < -0.4 is 0 Å². The van der Waals surface area contributed by atoms with Gasteiger partial charge in [-0.25, -0.2) is 0 Å². The fraction of sp³-hybridized carbons (Fsp3) is 0.929. The quantitative estimate of drug-likeness (QED) is 0.805. The summed E-state index contributed by atoms with van der Waals surface area (Å²) in [5, 5.41) is 9.53. The van der Waals surface area contributed by atoms with Crippen molar-refractivity contribution in [3.8, 4) is 0 Å². The zero-order valence-electron chi connectivity index (χ0n) is 11.1. The summed E-state index contributed by atoms with van der Waals surface area (Å²) in [7, 11) is 0. The smallest absolute Gasteiger partial charge is 0.321 e. The number of carbonyl (C=O) groups is 1. The molecule has 0 bridgehead atoms. The minimum absolute atomic E-state index is 0.0818. The Morgan fingerprint density at radius 1 is 1.18 bits per heavy atom. The summed E-state index contributed by atoms with van der Waals surface area (Å²) in [6.07, 6.45) is 8.44. The molecule has 3 heteroatoms. The largest absolute Gasteiger partial charge is 0.480 e. The Morgan fingerprint density at radius 3 is 2.41 bits per heavy atom. The van der Waals surface area contributed by atoms with Gasteiger partial charge in [-0.1, -0.05) is 33.1 Å². The minimum atomic E-state index is -0.625. The predicted molar refractivity (Wildman–Crippen MR) is 68.0 cm³/mol. The lowest BCUT2D eigenvalue weighted by atomic mass is 9.75. The van der Waals surface area contributed by atoms with Crippen LogP contribution in [0, 0.1) is 5.41 Å². The van der Waals surface area contributed by atoms with Crippen LogP contribution in [0.3, 0.4) is 0 Å². The maximum Gasteiger partial charge on any atom is 0.321 e. The standard InChI is InChI=1S/C14H25NO2/c1-14(2)9-6-10-15(12(14)13(16)17)11-7-4-3-5-8-11/h11-12H,3-10H2,1-2H3,(H,16,17). The molecule has 17 heavy (non-hydrogen) atoms. The van der Waals surface area contributed by atoms with Crippen molar-refractivity contribution in [1.29, 1.82) is 0 Å². The first-order valence-electron chi connectivity index (χ1n) is 7.01. The second-order valence-electron chi connectivity index (χ2n) is 6.36. The molecular formula is C14H25NO2. The molecule has 98 valence electrons.